The van der Waals surface area contributed by atoms with Crippen LogP contribution in [0.1, 0.15) is 38.8 Å². The number of carboxylic acid groups (broad SMARTS) is 1. The number of carbonyl (C=O) groups is 1. The number of phenolic OH excluding ortho intramolecular Hbond substituents is 1. The van der Waals surface area contributed by atoms with Gasteiger partial charge in [0.15, 0.2) is 5.58 Å². The summed E-state index contributed by atoms with van der Waals surface area (Å²) in [6, 6.07) is 5.99. The number of hydrogen-bond donors (Lipinski definition) is 2. The van der Waals surface area contributed by atoms with E-state index >= 15 is 0 Å². The Balaban J connectivity index is 0.00000151. The van der Waals surface area contributed by atoms with E-state index in [0.29, 0.717) is 34.4 Å². The number of rotatable bonds is 5. The molecule has 15 heteroatoms. The van der Waals surface area contributed by atoms with Crippen LogP contribution < -0.4 is 119 Å². The summed E-state index contributed by atoms with van der Waals surface area (Å²) in [7, 11) is -3.92. The Bertz CT molecular complexity index is 1600. The van der Waals surface area contributed by atoms with Crippen LogP contribution in [0.25, 0.3) is 28.2 Å². The zero-order chi connectivity index (χ0) is 29.3. The van der Waals surface area contributed by atoms with Crippen molar-refractivity contribution in [2.45, 2.75) is 39.7 Å². The van der Waals surface area contributed by atoms with Gasteiger partial charge in [-0.1, -0.05) is 23.8 Å². The van der Waals surface area contributed by atoms with Crippen LogP contribution >= 0.6 is 7.60 Å². The van der Waals surface area contributed by atoms with Crippen molar-refractivity contribution in [2.75, 3.05) is 7.11 Å². The summed E-state index contributed by atoms with van der Waals surface area (Å²) < 4.78 is 26.9. The zero-order valence-electron chi connectivity index (χ0n) is 24.8. The van der Waals surface area contributed by atoms with E-state index < -0.39 is 24.5 Å². The molecule has 2 N–H and O–H groups in total. The SMILES string of the molecule is COc1c(CC=C(C)C)c2c(c3oc(=O)c(-c4ccc(O)cc4)c(O)c13)C=CC(C)(C)O2.O=C([O-])P(=O)([O-])[O-].[Na+].[Na+].[Na+]. The Labute approximate surface area is 308 Å². The third-order valence-electron chi connectivity index (χ3n) is 5.68. The minimum atomic E-state index is -5.43. The Morgan fingerprint density at radius 2 is 1.64 bits per heavy atom. The van der Waals surface area contributed by atoms with E-state index in [1.807, 2.05) is 39.8 Å². The minimum absolute atomic E-state index is 0. The van der Waals surface area contributed by atoms with E-state index in [9.17, 15) is 15.0 Å². The molecule has 0 saturated heterocycles. The topological polar surface area (TPSA) is 192 Å². The van der Waals surface area contributed by atoms with Crippen molar-refractivity contribution in [3.05, 3.63) is 63.5 Å². The Morgan fingerprint density at radius 3 is 2.12 bits per heavy atom. The third kappa shape index (κ3) is 9.47. The molecule has 208 valence electrons. The van der Waals surface area contributed by atoms with Crippen LogP contribution in [0.3, 0.4) is 0 Å². The molecular formula is C27H26Na3O11P. The average molecular weight is 626 g/mol. The maximum atomic E-state index is 12.9. The number of fused-ring (bicyclic) bond motifs is 3. The maximum absolute atomic E-state index is 12.9. The molecule has 1 aliphatic rings. The number of aromatic hydroxyl groups is 2. The van der Waals surface area contributed by atoms with Crippen molar-refractivity contribution in [2.24, 2.45) is 0 Å². The molecule has 1 aromatic heterocycles. The largest absolute Gasteiger partial charge is 1.00 e. The first-order chi connectivity index (χ1) is 18.1. The summed E-state index contributed by atoms with van der Waals surface area (Å²) in [5.74, 6) is 0.778. The maximum Gasteiger partial charge on any atom is 1.00 e. The Hall–Kier alpha value is -1.05. The summed E-state index contributed by atoms with van der Waals surface area (Å²) in [5, 5.41) is 30.2. The predicted octanol–water partition coefficient (Wildman–Crippen LogP) is -6.17. The number of benzene rings is 2. The van der Waals surface area contributed by atoms with Gasteiger partial charge in [0.1, 0.15) is 39.5 Å². The molecule has 0 bridgehead atoms. The van der Waals surface area contributed by atoms with Crippen molar-refractivity contribution >= 4 is 30.4 Å². The van der Waals surface area contributed by atoms with Gasteiger partial charge in [0.05, 0.1) is 18.4 Å². The van der Waals surface area contributed by atoms with Gasteiger partial charge in [-0.05, 0) is 71.6 Å². The molecule has 4 rings (SSSR count). The molecule has 2 aromatic carbocycles. The second-order valence-electron chi connectivity index (χ2n) is 9.41. The van der Waals surface area contributed by atoms with Gasteiger partial charge in [-0.15, -0.1) is 0 Å². The molecule has 0 radical (unpaired) electrons. The van der Waals surface area contributed by atoms with Gasteiger partial charge in [-0.25, -0.2) is 4.79 Å². The van der Waals surface area contributed by atoms with Gasteiger partial charge in [0.2, 0.25) is 0 Å². The molecular weight excluding hydrogens is 600 g/mol. The van der Waals surface area contributed by atoms with Gasteiger partial charge in [0.25, 0.3) is 0 Å². The van der Waals surface area contributed by atoms with Crippen molar-refractivity contribution in [1.82, 2.24) is 0 Å². The molecule has 3 aromatic rings. The monoisotopic (exact) mass is 626 g/mol. The number of methoxy groups -OCH3 is 1. The van der Waals surface area contributed by atoms with Crippen molar-refractivity contribution < 1.29 is 137 Å². The van der Waals surface area contributed by atoms with E-state index in [1.165, 1.54) is 19.2 Å². The molecule has 0 saturated carbocycles. The standard InChI is InChI=1S/C26H26O6.CH3O5P.3Na/c1-14(2)6-11-17-22-18(12-13-26(3,4)32-22)24-20(23(17)30-5)21(28)19(25(29)31-24)15-7-9-16(27)10-8-15;2-1(3)7(4,5)6;;;/h6-10,12-13,27-28H,11H2,1-5H3;(H,2,3)(H2,4,5,6);;;/q;;3*+1/p-3. The van der Waals surface area contributed by atoms with Crippen LogP contribution in [-0.4, -0.2) is 28.6 Å². The third-order valence-corrected chi connectivity index (χ3v) is 6.13. The van der Waals surface area contributed by atoms with Crippen LogP contribution in [0.5, 0.6) is 23.0 Å². The average Bonchev–Trinajstić information content (AvgIpc) is 2.82. The number of ether oxygens (including phenoxy) is 2. The fraction of sp³-hybridized carbons (Fsp3) is 0.259. The van der Waals surface area contributed by atoms with Crippen LogP contribution in [0.2, 0.25) is 0 Å². The second-order valence-corrected chi connectivity index (χ2v) is 10.8. The van der Waals surface area contributed by atoms with E-state index in [0.717, 1.165) is 11.1 Å². The number of hydrogen-bond acceptors (Lipinski definition) is 11. The van der Waals surface area contributed by atoms with E-state index in [4.69, 9.17) is 38.1 Å². The van der Waals surface area contributed by atoms with Gasteiger partial charge in [0, 0.05) is 5.56 Å². The van der Waals surface area contributed by atoms with Crippen molar-refractivity contribution in [1.29, 1.82) is 0 Å². The second kappa shape index (κ2) is 16.3. The van der Waals surface area contributed by atoms with Gasteiger partial charge in [-0.3, -0.25) is 0 Å². The summed E-state index contributed by atoms with van der Waals surface area (Å²) in [6.07, 6.45) is 6.31. The van der Waals surface area contributed by atoms with Crippen LogP contribution in [0, 0.1) is 0 Å². The number of allylic oxidation sites excluding steroid dienone is 2. The molecule has 1 aliphatic heterocycles. The first kappa shape index (κ1) is 41.0. The number of phenols is 1. The molecule has 0 aliphatic carbocycles. The molecule has 0 unspecified atom stereocenters. The summed E-state index contributed by atoms with van der Waals surface area (Å²) >= 11 is 0. The first-order valence-corrected chi connectivity index (χ1v) is 13.1. The number of carbonyl (C=O) groups excluding carboxylic acids is 1. The minimum Gasteiger partial charge on any atom is -0.807 e. The Kier molecular flexibility index (Phi) is 15.9. The summed E-state index contributed by atoms with van der Waals surface area (Å²) in [6.45, 7) is 7.89. The zero-order valence-corrected chi connectivity index (χ0v) is 31.7. The fourth-order valence-electron chi connectivity index (χ4n) is 3.89. The van der Waals surface area contributed by atoms with Gasteiger partial charge < -0.3 is 48.4 Å². The van der Waals surface area contributed by atoms with E-state index in [1.54, 1.807) is 12.1 Å². The normalized spacial score (nSPS) is 12.5. The molecule has 0 amide bonds. The van der Waals surface area contributed by atoms with Gasteiger partial charge >= 0.3 is 94.3 Å². The summed E-state index contributed by atoms with van der Waals surface area (Å²) in [5.41, 5.74) is -0.710. The summed E-state index contributed by atoms with van der Waals surface area (Å²) in [4.78, 5) is 40.3. The van der Waals surface area contributed by atoms with Crippen molar-refractivity contribution in [3.63, 3.8) is 0 Å². The van der Waals surface area contributed by atoms with Gasteiger partial charge in [-0.2, -0.15) is 0 Å². The fourth-order valence-corrected chi connectivity index (χ4v) is 3.89. The molecule has 2 heterocycles. The Morgan fingerprint density at radius 1 is 1.10 bits per heavy atom. The van der Waals surface area contributed by atoms with E-state index in [-0.39, 0.29) is 111 Å². The predicted molar refractivity (Wildman–Crippen MR) is 138 cm³/mol. The van der Waals surface area contributed by atoms with Crippen molar-refractivity contribution in [3.8, 4) is 34.1 Å². The van der Waals surface area contributed by atoms with Crippen LogP contribution in [-0.2, 0) is 11.0 Å². The van der Waals surface area contributed by atoms with E-state index in [2.05, 4.69) is 6.08 Å². The van der Waals surface area contributed by atoms with Crippen LogP contribution in [0.4, 0.5) is 4.79 Å². The first-order valence-electron chi connectivity index (χ1n) is 11.5. The molecule has 0 atom stereocenters. The molecule has 0 fully saturated rings. The smallest absolute Gasteiger partial charge is 0.807 e. The quantitative estimate of drug-likeness (QED) is 0.119. The molecule has 0 spiro atoms. The van der Waals surface area contributed by atoms with Crippen LogP contribution in [0.15, 0.2) is 51.2 Å². The molecule has 42 heavy (non-hydrogen) atoms. The molecule has 11 nitrogen and oxygen atoms in total.